The fourth-order valence-electron chi connectivity index (χ4n) is 3.56. The van der Waals surface area contributed by atoms with E-state index in [4.69, 9.17) is 4.74 Å². The molecule has 0 aliphatic carbocycles. The van der Waals surface area contributed by atoms with Crippen LogP contribution in [0.1, 0.15) is 16.7 Å². The maximum atomic E-state index is 12.7. The molecule has 3 aromatic rings. The van der Waals surface area contributed by atoms with E-state index in [0.29, 0.717) is 17.0 Å². The maximum absolute atomic E-state index is 12.7. The van der Waals surface area contributed by atoms with E-state index in [1.807, 2.05) is 50.2 Å². The first-order chi connectivity index (χ1) is 17.8. The van der Waals surface area contributed by atoms with Crippen molar-refractivity contribution in [2.24, 2.45) is 0 Å². The van der Waals surface area contributed by atoms with E-state index in [9.17, 15) is 19.2 Å². The Balaban J connectivity index is 1.31. The highest BCUT2D eigenvalue weighted by Gasteiger charge is 2.36. The van der Waals surface area contributed by atoms with Crippen LogP contribution in [0, 0.1) is 13.8 Å². The van der Waals surface area contributed by atoms with Crippen molar-refractivity contribution in [2.75, 3.05) is 23.8 Å². The second kappa shape index (κ2) is 11.6. The van der Waals surface area contributed by atoms with Gasteiger partial charge in [-0.25, -0.2) is 0 Å². The average molecular weight is 516 g/mol. The zero-order valence-corrected chi connectivity index (χ0v) is 21.1. The van der Waals surface area contributed by atoms with Crippen molar-refractivity contribution < 1.29 is 23.9 Å². The molecule has 0 saturated carbocycles. The minimum absolute atomic E-state index is 0.156. The molecule has 0 aromatic heterocycles. The van der Waals surface area contributed by atoms with E-state index >= 15 is 0 Å². The lowest BCUT2D eigenvalue weighted by molar-refractivity contribution is -0.127. The summed E-state index contributed by atoms with van der Waals surface area (Å²) in [7, 11) is 0. The molecule has 188 valence electrons. The first-order valence-corrected chi connectivity index (χ1v) is 12.3. The van der Waals surface area contributed by atoms with Crippen molar-refractivity contribution in [3.05, 3.63) is 94.4 Å². The third kappa shape index (κ3) is 6.86. The number of para-hydroxylation sites is 1. The number of thioether (sulfide) groups is 1. The van der Waals surface area contributed by atoms with Gasteiger partial charge in [0.15, 0.2) is 6.61 Å². The molecule has 2 N–H and O–H groups in total. The van der Waals surface area contributed by atoms with Gasteiger partial charge in [0, 0.05) is 11.4 Å². The molecular weight excluding hydrogens is 490 g/mol. The molecule has 8 nitrogen and oxygen atoms in total. The summed E-state index contributed by atoms with van der Waals surface area (Å²) in [5, 5.41) is 5.00. The molecule has 1 fully saturated rings. The molecule has 0 radical (unpaired) electrons. The van der Waals surface area contributed by atoms with E-state index in [0.717, 1.165) is 33.5 Å². The van der Waals surface area contributed by atoms with Crippen LogP contribution in [0.3, 0.4) is 0 Å². The minimum Gasteiger partial charge on any atom is -0.484 e. The van der Waals surface area contributed by atoms with Crippen LogP contribution in [-0.4, -0.2) is 41.0 Å². The second-order valence-electron chi connectivity index (χ2n) is 8.41. The van der Waals surface area contributed by atoms with Crippen LogP contribution in [-0.2, 0) is 14.4 Å². The van der Waals surface area contributed by atoms with Gasteiger partial charge < -0.3 is 15.4 Å². The lowest BCUT2D eigenvalue weighted by Crippen LogP contribution is -2.36. The predicted octanol–water partition coefficient (Wildman–Crippen LogP) is 5.00. The van der Waals surface area contributed by atoms with Gasteiger partial charge in [-0.1, -0.05) is 42.5 Å². The number of hydrogen-bond donors (Lipinski definition) is 2. The Morgan fingerprint density at radius 2 is 1.68 bits per heavy atom. The van der Waals surface area contributed by atoms with Gasteiger partial charge in [-0.05, 0) is 78.7 Å². The van der Waals surface area contributed by atoms with Crippen LogP contribution in [0.5, 0.6) is 5.75 Å². The molecule has 1 heterocycles. The number of ether oxygens (including phenoxy) is 1. The highest BCUT2D eigenvalue weighted by molar-refractivity contribution is 8.18. The van der Waals surface area contributed by atoms with Gasteiger partial charge in [0.05, 0.1) is 4.91 Å². The zero-order chi connectivity index (χ0) is 26.4. The summed E-state index contributed by atoms with van der Waals surface area (Å²) in [6, 6.07) is 21.5. The lowest BCUT2D eigenvalue weighted by atomic mass is 10.2. The van der Waals surface area contributed by atoms with Crippen molar-refractivity contribution in [3.63, 3.8) is 0 Å². The quantitative estimate of drug-likeness (QED) is 0.409. The number of rotatable bonds is 8. The number of carbonyl (C=O) groups excluding carboxylic acids is 4. The van der Waals surface area contributed by atoms with Crippen LogP contribution < -0.4 is 15.4 Å². The number of nitrogens with one attached hydrogen (secondary N) is 2. The van der Waals surface area contributed by atoms with Crippen LogP contribution in [0.25, 0.3) is 6.08 Å². The summed E-state index contributed by atoms with van der Waals surface area (Å²) in [6.07, 6.45) is 1.58. The number of carbonyl (C=O) groups is 4. The molecule has 37 heavy (non-hydrogen) atoms. The standard InChI is InChI=1S/C28H25N3O5S/c1-18-6-5-8-21(14-18)29-25(32)16-31-27(34)24(37-28(31)35)15-20-10-12-22(13-11-20)36-17-26(33)30-23-9-4-3-7-19(23)2/h3-15H,16-17H2,1-2H3,(H,29,32)(H,30,33)/b24-15-. The van der Waals surface area contributed by atoms with Gasteiger partial charge in [0.1, 0.15) is 12.3 Å². The van der Waals surface area contributed by atoms with Crippen molar-refractivity contribution in [3.8, 4) is 5.75 Å². The second-order valence-corrected chi connectivity index (χ2v) is 9.40. The van der Waals surface area contributed by atoms with E-state index in [2.05, 4.69) is 10.6 Å². The van der Waals surface area contributed by atoms with E-state index in [1.54, 1.807) is 42.5 Å². The molecule has 4 amide bonds. The molecule has 9 heteroatoms. The Morgan fingerprint density at radius 1 is 0.919 bits per heavy atom. The number of imide groups is 1. The summed E-state index contributed by atoms with van der Waals surface area (Å²) in [5.74, 6) is -0.777. The monoisotopic (exact) mass is 515 g/mol. The van der Waals surface area contributed by atoms with E-state index < -0.39 is 17.1 Å². The lowest BCUT2D eigenvalue weighted by Gasteiger charge is -2.12. The zero-order valence-electron chi connectivity index (χ0n) is 20.3. The topological polar surface area (TPSA) is 105 Å². The predicted molar refractivity (Wildman–Crippen MR) is 144 cm³/mol. The number of nitrogens with zero attached hydrogens (tertiary/aromatic N) is 1. The fourth-order valence-corrected chi connectivity index (χ4v) is 4.40. The molecule has 1 aliphatic rings. The molecule has 1 saturated heterocycles. The molecule has 0 bridgehead atoms. The number of hydrogen-bond acceptors (Lipinski definition) is 6. The number of benzene rings is 3. The summed E-state index contributed by atoms with van der Waals surface area (Å²) in [5.41, 5.74) is 3.94. The Labute approximate surface area is 218 Å². The van der Waals surface area contributed by atoms with Gasteiger partial charge in [-0.3, -0.25) is 24.1 Å². The van der Waals surface area contributed by atoms with E-state index in [-0.39, 0.29) is 24.0 Å². The SMILES string of the molecule is Cc1cccc(NC(=O)CN2C(=O)S/C(=C\c3ccc(OCC(=O)Nc4ccccc4C)cc3)C2=O)c1. The van der Waals surface area contributed by atoms with E-state index in [1.165, 1.54) is 0 Å². The van der Waals surface area contributed by atoms with Gasteiger partial charge in [-0.2, -0.15) is 0 Å². The Kier molecular flexibility index (Phi) is 8.05. The van der Waals surface area contributed by atoms with Gasteiger partial charge >= 0.3 is 0 Å². The van der Waals surface area contributed by atoms with Gasteiger partial charge in [0.2, 0.25) is 5.91 Å². The molecule has 0 unspecified atom stereocenters. The van der Waals surface area contributed by atoms with Gasteiger partial charge in [0.25, 0.3) is 17.1 Å². The molecule has 3 aromatic carbocycles. The molecular formula is C28H25N3O5S. The number of anilines is 2. The third-order valence-corrected chi connectivity index (χ3v) is 6.35. The smallest absolute Gasteiger partial charge is 0.294 e. The number of amides is 4. The normalized spacial score (nSPS) is 14.1. The average Bonchev–Trinajstić information content (AvgIpc) is 3.12. The molecule has 0 spiro atoms. The number of aryl methyl sites for hydroxylation is 2. The summed E-state index contributed by atoms with van der Waals surface area (Å²) in [6.45, 7) is 3.29. The summed E-state index contributed by atoms with van der Waals surface area (Å²) >= 11 is 0.782. The minimum atomic E-state index is -0.525. The van der Waals surface area contributed by atoms with Crippen molar-refractivity contribution in [1.82, 2.24) is 4.90 Å². The van der Waals surface area contributed by atoms with Crippen molar-refractivity contribution in [1.29, 1.82) is 0 Å². The highest BCUT2D eigenvalue weighted by atomic mass is 32.2. The third-order valence-electron chi connectivity index (χ3n) is 5.44. The van der Waals surface area contributed by atoms with Crippen molar-refractivity contribution >= 4 is 52.2 Å². The van der Waals surface area contributed by atoms with Crippen molar-refractivity contribution in [2.45, 2.75) is 13.8 Å². The van der Waals surface area contributed by atoms with Crippen LogP contribution in [0.2, 0.25) is 0 Å². The largest absolute Gasteiger partial charge is 0.484 e. The van der Waals surface area contributed by atoms with Gasteiger partial charge in [-0.15, -0.1) is 0 Å². The van der Waals surface area contributed by atoms with Crippen LogP contribution in [0.4, 0.5) is 16.2 Å². The molecule has 4 rings (SSSR count). The first-order valence-electron chi connectivity index (χ1n) is 11.5. The fraction of sp³-hybridized carbons (Fsp3) is 0.143. The summed E-state index contributed by atoms with van der Waals surface area (Å²) in [4.78, 5) is 50.8. The van der Waals surface area contributed by atoms with Crippen LogP contribution in [0.15, 0.2) is 77.7 Å². The van der Waals surface area contributed by atoms with Crippen LogP contribution >= 0.6 is 11.8 Å². The maximum Gasteiger partial charge on any atom is 0.294 e. The Morgan fingerprint density at radius 3 is 2.41 bits per heavy atom. The Bertz CT molecular complexity index is 1380. The Hall–Kier alpha value is -4.37. The molecule has 1 aliphatic heterocycles. The first kappa shape index (κ1) is 25.7. The highest BCUT2D eigenvalue weighted by Crippen LogP contribution is 2.32. The summed E-state index contributed by atoms with van der Waals surface area (Å²) < 4.78 is 5.55. The molecule has 0 atom stereocenters.